The average Bonchev–Trinajstić information content (AvgIpc) is 2.71. The van der Waals surface area contributed by atoms with Gasteiger partial charge in [0, 0.05) is 12.3 Å². The van der Waals surface area contributed by atoms with Crippen LogP contribution in [0, 0.1) is 0 Å². The number of rotatable bonds is 5. The van der Waals surface area contributed by atoms with Crippen molar-refractivity contribution >= 4 is 40.2 Å². The smallest absolute Gasteiger partial charge is 0.326 e. The van der Waals surface area contributed by atoms with E-state index in [1.807, 2.05) is 16.7 Å². The van der Waals surface area contributed by atoms with Crippen LogP contribution in [0.1, 0.15) is 12.7 Å². The Morgan fingerprint density at radius 1 is 1.47 bits per heavy atom. The fraction of sp³-hybridized carbons (Fsp3) is 0.385. The van der Waals surface area contributed by atoms with Crippen LogP contribution in [0.5, 0.6) is 0 Å². The van der Waals surface area contributed by atoms with Crippen molar-refractivity contribution in [2.75, 3.05) is 12.5 Å². The molecule has 4 nitrogen and oxygen atoms in total. The fourth-order valence-corrected chi connectivity index (χ4v) is 2.33. The van der Waals surface area contributed by atoms with Gasteiger partial charge in [0.1, 0.15) is 17.9 Å². The Bertz CT molecular complexity index is 596. The second kappa shape index (κ2) is 6.26. The van der Waals surface area contributed by atoms with Crippen molar-refractivity contribution in [3.05, 3.63) is 29.0 Å². The number of halogens is 2. The summed E-state index contributed by atoms with van der Waals surface area (Å²) in [5, 5.41) is 0.566. The van der Waals surface area contributed by atoms with E-state index in [1.165, 1.54) is 0 Å². The highest BCUT2D eigenvalue weighted by Crippen LogP contribution is 2.24. The summed E-state index contributed by atoms with van der Waals surface area (Å²) < 4.78 is 6.78. The standard InChI is InChI=1S/C13H14Cl2N2O2/c1-2-19-12(18)8-17-10-5-3-4-9(15)13(10)16-11(17)6-7-14/h3-5H,2,6-8H2,1H3. The van der Waals surface area contributed by atoms with E-state index in [0.29, 0.717) is 29.4 Å². The van der Waals surface area contributed by atoms with Gasteiger partial charge < -0.3 is 9.30 Å². The lowest BCUT2D eigenvalue weighted by atomic mass is 10.3. The molecule has 1 heterocycles. The number of fused-ring (bicyclic) bond motifs is 1. The number of hydrogen-bond acceptors (Lipinski definition) is 3. The van der Waals surface area contributed by atoms with Gasteiger partial charge in [-0.2, -0.15) is 0 Å². The molecule has 0 aliphatic carbocycles. The number of esters is 1. The molecule has 2 rings (SSSR count). The van der Waals surface area contributed by atoms with Gasteiger partial charge in [-0.1, -0.05) is 17.7 Å². The Kier molecular flexibility index (Phi) is 4.66. The van der Waals surface area contributed by atoms with Crippen LogP contribution in [0.3, 0.4) is 0 Å². The molecular formula is C13H14Cl2N2O2. The van der Waals surface area contributed by atoms with Gasteiger partial charge in [0.2, 0.25) is 0 Å². The summed E-state index contributed by atoms with van der Waals surface area (Å²) in [5.74, 6) is 0.882. The number of alkyl halides is 1. The Morgan fingerprint density at radius 2 is 2.26 bits per heavy atom. The molecule has 1 aromatic carbocycles. The van der Waals surface area contributed by atoms with Crippen LogP contribution in [0.25, 0.3) is 11.0 Å². The second-order valence-corrected chi connectivity index (χ2v) is 4.75. The van der Waals surface area contributed by atoms with Crippen LogP contribution in [0.15, 0.2) is 18.2 Å². The molecular weight excluding hydrogens is 287 g/mol. The maximum atomic E-state index is 11.7. The first-order chi connectivity index (χ1) is 9.17. The quantitative estimate of drug-likeness (QED) is 0.630. The van der Waals surface area contributed by atoms with E-state index in [1.54, 1.807) is 13.0 Å². The number of ether oxygens (including phenoxy) is 1. The zero-order valence-corrected chi connectivity index (χ0v) is 12.0. The van der Waals surface area contributed by atoms with Crippen LogP contribution in [0.4, 0.5) is 0 Å². The van der Waals surface area contributed by atoms with Crippen LogP contribution in [0.2, 0.25) is 5.02 Å². The summed E-state index contributed by atoms with van der Waals surface area (Å²) >= 11 is 11.9. The summed E-state index contributed by atoms with van der Waals surface area (Å²) in [6.07, 6.45) is 0.575. The number of benzene rings is 1. The number of carbonyl (C=O) groups excluding carboxylic acids is 1. The van der Waals surface area contributed by atoms with Crippen molar-refractivity contribution in [3.8, 4) is 0 Å². The maximum Gasteiger partial charge on any atom is 0.326 e. The van der Waals surface area contributed by atoms with Crippen molar-refractivity contribution in [2.45, 2.75) is 19.9 Å². The lowest BCUT2D eigenvalue weighted by Gasteiger charge is -2.07. The second-order valence-electron chi connectivity index (χ2n) is 3.97. The first-order valence-corrected chi connectivity index (χ1v) is 6.93. The van der Waals surface area contributed by atoms with Gasteiger partial charge in [-0.15, -0.1) is 11.6 Å². The van der Waals surface area contributed by atoms with E-state index in [4.69, 9.17) is 27.9 Å². The summed E-state index contributed by atoms with van der Waals surface area (Å²) in [5.41, 5.74) is 1.51. The van der Waals surface area contributed by atoms with Gasteiger partial charge in [-0.05, 0) is 19.1 Å². The summed E-state index contributed by atoms with van der Waals surface area (Å²) in [7, 11) is 0. The number of carbonyl (C=O) groups is 1. The normalized spacial score (nSPS) is 10.9. The van der Waals surface area contributed by atoms with Crippen molar-refractivity contribution in [3.63, 3.8) is 0 Å². The Labute approximate surface area is 121 Å². The predicted octanol–water partition coefficient (Wildman–Crippen LogP) is 3.03. The molecule has 0 N–H and O–H groups in total. The minimum atomic E-state index is -0.294. The third-order valence-corrected chi connectivity index (χ3v) is 3.21. The summed E-state index contributed by atoms with van der Waals surface area (Å²) in [6, 6.07) is 5.49. The van der Waals surface area contributed by atoms with Crippen LogP contribution in [-0.4, -0.2) is 28.0 Å². The molecule has 0 spiro atoms. The van der Waals surface area contributed by atoms with E-state index in [9.17, 15) is 4.79 Å². The van der Waals surface area contributed by atoms with Gasteiger partial charge >= 0.3 is 5.97 Å². The number of aryl methyl sites for hydroxylation is 1. The van der Waals surface area contributed by atoms with Crippen molar-refractivity contribution in [1.29, 1.82) is 0 Å². The van der Waals surface area contributed by atoms with E-state index >= 15 is 0 Å². The molecule has 0 atom stereocenters. The zero-order chi connectivity index (χ0) is 13.8. The third-order valence-electron chi connectivity index (χ3n) is 2.72. The van der Waals surface area contributed by atoms with E-state index in [-0.39, 0.29) is 12.5 Å². The van der Waals surface area contributed by atoms with Gasteiger partial charge in [0.05, 0.1) is 17.1 Å². The van der Waals surface area contributed by atoms with Crippen molar-refractivity contribution < 1.29 is 9.53 Å². The fourth-order valence-electron chi connectivity index (χ4n) is 1.95. The van der Waals surface area contributed by atoms with Crippen molar-refractivity contribution in [2.24, 2.45) is 0 Å². The molecule has 1 aromatic heterocycles. The van der Waals surface area contributed by atoms with Gasteiger partial charge in [-0.3, -0.25) is 4.79 Å². The maximum absolute atomic E-state index is 11.7. The first kappa shape index (κ1) is 14.2. The van der Waals surface area contributed by atoms with Gasteiger partial charge in [0.25, 0.3) is 0 Å². The monoisotopic (exact) mass is 300 g/mol. The van der Waals surface area contributed by atoms with Gasteiger partial charge in [-0.25, -0.2) is 4.98 Å². The SMILES string of the molecule is CCOC(=O)Cn1c(CCCl)nc2c(Cl)cccc21. The molecule has 19 heavy (non-hydrogen) atoms. The molecule has 0 fully saturated rings. The molecule has 0 amide bonds. The highest BCUT2D eigenvalue weighted by Gasteiger charge is 2.15. The molecule has 0 radical (unpaired) electrons. The van der Waals surface area contributed by atoms with Crippen LogP contribution < -0.4 is 0 Å². The third kappa shape index (κ3) is 3.01. The minimum absolute atomic E-state index is 0.122. The number of para-hydroxylation sites is 1. The molecule has 0 aliphatic rings. The number of aromatic nitrogens is 2. The van der Waals surface area contributed by atoms with Crippen LogP contribution in [-0.2, 0) is 22.5 Å². The molecule has 0 unspecified atom stereocenters. The highest BCUT2D eigenvalue weighted by atomic mass is 35.5. The van der Waals surface area contributed by atoms with Gasteiger partial charge in [0.15, 0.2) is 0 Å². The Morgan fingerprint density at radius 3 is 2.95 bits per heavy atom. The number of imidazole rings is 1. The predicted molar refractivity (Wildman–Crippen MR) is 75.8 cm³/mol. The molecule has 102 valence electrons. The summed E-state index contributed by atoms with van der Waals surface area (Å²) in [4.78, 5) is 16.1. The number of hydrogen-bond donors (Lipinski definition) is 0. The lowest BCUT2D eigenvalue weighted by Crippen LogP contribution is -2.15. The molecule has 0 saturated carbocycles. The lowest BCUT2D eigenvalue weighted by molar-refractivity contribution is -0.143. The molecule has 0 aliphatic heterocycles. The van der Waals surface area contributed by atoms with E-state index < -0.39 is 0 Å². The largest absolute Gasteiger partial charge is 0.465 e. The average molecular weight is 301 g/mol. The van der Waals surface area contributed by atoms with E-state index in [0.717, 1.165) is 11.3 Å². The zero-order valence-electron chi connectivity index (χ0n) is 10.5. The molecule has 0 bridgehead atoms. The van der Waals surface area contributed by atoms with Crippen molar-refractivity contribution in [1.82, 2.24) is 9.55 Å². The Balaban J connectivity index is 2.46. The highest BCUT2D eigenvalue weighted by molar-refractivity contribution is 6.34. The van der Waals surface area contributed by atoms with Crippen LogP contribution >= 0.6 is 23.2 Å². The molecule has 6 heteroatoms. The summed E-state index contributed by atoms with van der Waals surface area (Å²) in [6.45, 7) is 2.26. The molecule has 2 aromatic rings. The minimum Gasteiger partial charge on any atom is -0.465 e. The topological polar surface area (TPSA) is 44.1 Å². The first-order valence-electron chi connectivity index (χ1n) is 6.02. The molecule has 0 saturated heterocycles. The van der Waals surface area contributed by atoms with E-state index in [2.05, 4.69) is 4.98 Å². The Hall–Kier alpha value is -1.26. The number of nitrogens with zero attached hydrogens (tertiary/aromatic N) is 2.